The summed E-state index contributed by atoms with van der Waals surface area (Å²) in [4.78, 5) is 20.9. The van der Waals surface area contributed by atoms with Crippen LogP contribution in [0.25, 0.3) is 0 Å². The minimum Gasteiger partial charge on any atom is -0.478 e. The molecule has 0 aromatic heterocycles. The third-order valence-electron chi connectivity index (χ3n) is 2.39. The van der Waals surface area contributed by atoms with Crippen molar-refractivity contribution in [1.29, 1.82) is 0 Å². The van der Waals surface area contributed by atoms with Crippen LogP contribution in [-0.4, -0.2) is 28.9 Å². The van der Waals surface area contributed by atoms with E-state index in [-0.39, 0.29) is 17.0 Å². The summed E-state index contributed by atoms with van der Waals surface area (Å²) < 4.78 is 30.1. The molecule has 0 atom stereocenters. The summed E-state index contributed by atoms with van der Waals surface area (Å²) in [5.41, 5.74) is 7.09. The number of carbonyl (C=O) groups is 2. The molecule has 0 bridgehead atoms. The molecule has 0 unspecified atom stereocenters. The van der Waals surface area contributed by atoms with Gasteiger partial charge in [-0.1, -0.05) is 0 Å². The van der Waals surface area contributed by atoms with Gasteiger partial charge >= 0.3 is 17.5 Å². The van der Waals surface area contributed by atoms with E-state index in [1.165, 1.54) is 24.3 Å². The van der Waals surface area contributed by atoms with Crippen molar-refractivity contribution in [2.45, 2.75) is 0 Å². The smallest absolute Gasteiger partial charge is 0.335 e. The van der Waals surface area contributed by atoms with E-state index in [0.29, 0.717) is 16.9 Å². The van der Waals surface area contributed by atoms with Crippen molar-refractivity contribution in [3.05, 3.63) is 59.7 Å². The van der Waals surface area contributed by atoms with Gasteiger partial charge in [0.05, 0.1) is 11.3 Å². The normalized spacial score (nSPS) is 8.52. The Morgan fingerprint density at radius 3 is 1.72 bits per heavy atom. The van der Waals surface area contributed by atoms with Crippen LogP contribution in [0.15, 0.2) is 52.9 Å². The first kappa shape index (κ1) is 22.3. The van der Waals surface area contributed by atoms with E-state index in [0.717, 1.165) is 0 Å². The first-order valence-corrected chi connectivity index (χ1v) is 7.90. The second-order valence-corrected chi connectivity index (χ2v) is 4.79. The predicted octanol–water partition coefficient (Wildman–Crippen LogP) is 2.39. The Morgan fingerprint density at radius 2 is 1.36 bits per heavy atom. The lowest BCUT2D eigenvalue weighted by molar-refractivity contribution is 0.0696. The second kappa shape index (κ2) is 12.7. The molecular weight excluding hydrogens is 392 g/mol. The average Bonchev–Trinajstić information content (AvgIpc) is 2.57. The Labute approximate surface area is 154 Å². The van der Waals surface area contributed by atoms with Gasteiger partial charge in [0.1, 0.15) is 0 Å². The number of rotatable bonds is 3. The fraction of sp³-hybridized carbons (Fsp3) is 0. The van der Waals surface area contributed by atoms with Gasteiger partial charge < -0.3 is 10.8 Å². The van der Waals surface area contributed by atoms with E-state index >= 15 is 0 Å². The maximum Gasteiger partial charge on any atom is 0.335 e. The molecular formula is C14H11ClN2O6S2. The Bertz CT molecular complexity index is 778. The number of hydrogen-bond acceptors (Lipinski definition) is 7. The molecule has 0 aliphatic heterocycles. The molecule has 0 fully saturated rings. The molecule has 0 heterocycles. The molecule has 132 valence electrons. The fourth-order valence-electron chi connectivity index (χ4n) is 1.32. The molecule has 0 aliphatic rings. The monoisotopic (exact) mass is 402 g/mol. The van der Waals surface area contributed by atoms with Crippen molar-refractivity contribution < 1.29 is 27.3 Å². The third-order valence-corrected chi connectivity index (χ3v) is 2.90. The zero-order valence-electron chi connectivity index (χ0n) is 12.3. The summed E-state index contributed by atoms with van der Waals surface area (Å²) in [6.07, 6.45) is 0. The van der Waals surface area contributed by atoms with Crippen LogP contribution in [0.2, 0.25) is 0 Å². The molecule has 2 aromatic rings. The molecule has 3 N–H and O–H groups in total. The van der Waals surface area contributed by atoms with Crippen molar-refractivity contribution in [3.63, 3.8) is 0 Å². The summed E-state index contributed by atoms with van der Waals surface area (Å²) in [5.74, 6) is -0.931. The van der Waals surface area contributed by atoms with Gasteiger partial charge in [-0.25, -0.2) is 4.79 Å². The largest absolute Gasteiger partial charge is 0.478 e. The number of nitrogen functional groups attached to an aromatic ring is 1. The molecule has 8 nitrogen and oxygen atoms in total. The summed E-state index contributed by atoms with van der Waals surface area (Å²) in [7, 11) is 0. The van der Waals surface area contributed by atoms with Crippen LogP contribution in [0, 0.1) is 0 Å². The number of nitrogens with two attached hydrogens (primary N) is 1. The number of carboxylic acids is 1. The highest BCUT2D eigenvalue weighted by atomic mass is 35.5. The lowest BCUT2D eigenvalue weighted by Crippen LogP contribution is -1.95. The molecule has 25 heavy (non-hydrogen) atoms. The van der Waals surface area contributed by atoms with Crippen LogP contribution >= 0.6 is 11.6 Å². The van der Waals surface area contributed by atoms with Crippen LogP contribution in [0.4, 0.5) is 11.4 Å². The van der Waals surface area contributed by atoms with Gasteiger partial charge in [0, 0.05) is 11.3 Å². The fourth-order valence-corrected chi connectivity index (χ4v) is 1.66. The average molecular weight is 403 g/mol. The van der Waals surface area contributed by atoms with Crippen molar-refractivity contribution in [1.82, 2.24) is 0 Å². The van der Waals surface area contributed by atoms with Gasteiger partial charge in [0.25, 0.3) is 5.24 Å². The number of nitrogens with zero attached hydrogens (tertiary/aromatic N) is 1. The van der Waals surface area contributed by atoms with Crippen molar-refractivity contribution in [2.24, 2.45) is 4.36 Å². The van der Waals surface area contributed by atoms with E-state index in [4.69, 9.17) is 30.9 Å². The number of halogens is 1. The first-order valence-electron chi connectivity index (χ1n) is 6.16. The molecule has 0 saturated heterocycles. The molecule has 0 amide bonds. The van der Waals surface area contributed by atoms with E-state index in [1.54, 1.807) is 24.3 Å². The number of anilines is 1. The van der Waals surface area contributed by atoms with Gasteiger partial charge in [-0.15, -0.1) is 0 Å². The zero-order chi connectivity index (χ0) is 19.2. The maximum atomic E-state index is 10.6. The van der Waals surface area contributed by atoms with Crippen molar-refractivity contribution >= 4 is 57.2 Å². The minimum atomic E-state index is -0.931. The Kier molecular flexibility index (Phi) is 11.3. The Hall–Kier alpha value is -2.69. The molecule has 2 aromatic carbocycles. The number of benzene rings is 2. The Morgan fingerprint density at radius 1 is 0.920 bits per heavy atom. The number of carboxylic acid groups (broad SMARTS) is 1. The van der Waals surface area contributed by atoms with E-state index < -0.39 is 22.8 Å². The standard InChI is InChI=1S/C7H4ClNO2S.C7H7NO2.O2S/c8-7(10)5-1-3-6(4-2-5)9-12-11;8-6-3-1-5(2-4-6)7(9)10;1-3-2/h1-4H;1-4H,8H2,(H,9,10);. The minimum absolute atomic E-state index is 0.126. The summed E-state index contributed by atoms with van der Waals surface area (Å²) in [5, 5.41) is 7.92. The number of carbonyl (C=O) groups excluding carboxylic acids is 1. The van der Waals surface area contributed by atoms with E-state index in [2.05, 4.69) is 4.36 Å². The van der Waals surface area contributed by atoms with Gasteiger partial charge in [-0.3, -0.25) is 4.79 Å². The zero-order valence-corrected chi connectivity index (χ0v) is 14.7. The highest BCUT2D eigenvalue weighted by Gasteiger charge is 1.99. The topological polar surface area (TPSA) is 144 Å². The molecule has 0 spiro atoms. The second-order valence-electron chi connectivity index (χ2n) is 3.98. The van der Waals surface area contributed by atoms with E-state index in [9.17, 15) is 13.8 Å². The lowest BCUT2D eigenvalue weighted by Gasteiger charge is -1.93. The molecule has 2 rings (SSSR count). The van der Waals surface area contributed by atoms with Crippen LogP contribution in [0.5, 0.6) is 0 Å². The molecule has 0 saturated carbocycles. The first-order chi connectivity index (χ1) is 11.8. The summed E-state index contributed by atoms with van der Waals surface area (Å²) in [6, 6.07) is 12.2. The van der Waals surface area contributed by atoms with E-state index in [1.807, 2.05) is 0 Å². The number of hydrogen-bond donors (Lipinski definition) is 2. The van der Waals surface area contributed by atoms with Gasteiger partial charge in [0.2, 0.25) is 11.5 Å². The maximum absolute atomic E-state index is 10.6. The predicted molar refractivity (Wildman–Crippen MR) is 93.6 cm³/mol. The van der Waals surface area contributed by atoms with Gasteiger partial charge in [-0.2, -0.15) is 17.0 Å². The van der Waals surface area contributed by atoms with Crippen LogP contribution < -0.4 is 5.73 Å². The van der Waals surface area contributed by atoms with Crippen LogP contribution in [0.3, 0.4) is 0 Å². The summed E-state index contributed by atoms with van der Waals surface area (Å²) in [6.45, 7) is 0. The Balaban J connectivity index is 0.000000403. The van der Waals surface area contributed by atoms with Gasteiger partial charge in [0.15, 0.2) is 0 Å². The van der Waals surface area contributed by atoms with Crippen molar-refractivity contribution in [3.8, 4) is 0 Å². The molecule has 0 aliphatic carbocycles. The molecule has 0 radical (unpaired) electrons. The lowest BCUT2D eigenvalue weighted by atomic mass is 10.2. The molecule has 11 heteroatoms. The highest BCUT2D eigenvalue weighted by molar-refractivity contribution is 7.54. The third kappa shape index (κ3) is 9.91. The van der Waals surface area contributed by atoms with Crippen LogP contribution in [0.1, 0.15) is 20.7 Å². The van der Waals surface area contributed by atoms with Crippen molar-refractivity contribution in [2.75, 3.05) is 5.73 Å². The highest BCUT2D eigenvalue weighted by Crippen LogP contribution is 2.13. The summed E-state index contributed by atoms with van der Waals surface area (Å²) >= 11 is 4.57. The van der Waals surface area contributed by atoms with Crippen LogP contribution in [-0.2, 0) is 23.0 Å². The number of aromatic carboxylic acids is 1. The quantitative estimate of drug-likeness (QED) is 0.592. The van der Waals surface area contributed by atoms with Gasteiger partial charge in [-0.05, 0) is 60.1 Å². The SMILES string of the molecule is Nc1ccc(C(=O)O)cc1.O=S=Nc1ccc(C(=O)Cl)cc1.O=S=O.